The molecule has 7 rings (SSSR count). The summed E-state index contributed by atoms with van der Waals surface area (Å²) in [6, 6.07) is 21.8. The van der Waals surface area contributed by atoms with Crippen LogP contribution in [0.15, 0.2) is 116 Å². The Hall–Kier alpha value is -6.61. The molecule has 0 aliphatic carbocycles. The zero-order valence-corrected chi connectivity index (χ0v) is 40.4. The van der Waals surface area contributed by atoms with Gasteiger partial charge >= 0.3 is 25.1 Å². The van der Waals surface area contributed by atoms with Crippen molar-refractivity contribution in [3.63, 3.8) is 0 Å². The molecule has 0 saturated carbocycles. The molecule has 372 valence electrons. The summed E-state index contributed by atoms with van der Waals surface area (Å²) in [6.07, 6.45) is -3.25. The lowest BCUT2D eigenvalue weighted by Crippen LogP contribution is -2.43. The summed E-state index contributed by atoms with van der Waals surface area (Å²) in [5, 5.41) is 6.62. The van der Waals surface area contributed by atoms with Crippen LogP contribution in [0.25, 0.3) is 10.4 Å². The molecule has 0 bridgehead atoms. The highest BCUT2D eigenvalue weighted by atomic mass is 31.2. The second-order valence-electron chi connectivity index (χ2n) is 17.1. The lowest BCUT2D eigenvalue weighted by molar-refractivity contribution is -0.144. The quantitative estimate of drug-likeness (QED) is 0.0223. The molecule has 2 aromatic heterocycles. The fraction of sp³-hybridized carbons (Fsp3) is 0.426. The van der Waals surface area contributed by atoms with Gasteiger partial charge in [0.25, 0.3) is 11.1 Å². The molecule has 0 spiro atoms. The van der Waals surface area contributed by atoms with Gasteiger partial charge in [-0.1, -0.05) is 73.6 Å². The van der Waals surface area contributed by atoms with Crippen LogP contribution in [-0.2, 0) is 43.0 Å². The normalized spacial score (nSPS) is 21.4. The smallest absolute Gasteiger partial charge is 0.406 e. The van der Waals surface area contributed by atoms with Crippen molar-refractivity contribution in [3.8, 4) is 11.5 Å². The Kier molecular flexibility index (Phi) is 16.1. The van der Waals surface area contributed by atoms with Gasteiger partial charge < -0.3 is 28.4 Å². The molecule has 3 N–H and O–H groups in total. The number of nitrogens with one attached hydrogen (secondary N) is 3. The molecule has 70 heavy (non-hydrogen) atoms. The van der Waals surface area contributed by atoms with E-state index in [0.29, 0.717) is 28.2 Å². The Morgan fingerprint density at radius 3 is 1.81 bits per heavy atom. The average Bonchev–Trinajstić information content (AvgIpc) is 3.95. The van der Waals surface area contributed by atoms with Crippen LogP contribution in [0.1, 0.15) is 67.0 Å². The number of H-pyrrole nitrogens is 2. The standard InChI is InChI=1S/C47H55N8O14P/c1-27(2)41(44(58)64-7)52-70(61,66-26-37-35(51-53-48)21-39(67-37)54-23-28(3)42(56)49-45(54)59)69-36-22-40(55-24-29(4)43(57)50-46(55)60)68-38(36)25-65-47(30-11-9-8-10-12-30,31-13-17-33(62-5)18-14-31)32-15-19-34(63-6)20-16-32/h8-20,23-24,27,35-41H,21-22,25-26H2,1-7H3,(H,52,61)(H,49,56,59)(H,50,57,60)/t35-,36-,37+,38+,39+,40+,41-,70?/m0/s1. The van der Waals surface area contributed by atoms with E-state index >= 15 is 4.57 Å². The summed E-state index contributed by atoms with van der Waals surface area (Å²) in [5.41, 5.74) is 7.90. The number of carbonyl (C=O) groups excluding carboxylic acids is 1. The number of aryl methyl sites for hydroxylation is 2. The van der Waals surface area contributed by atoms with Gasteiger partial charge in [-0.15, -0.1) is 0 Å². The molecule has 2 aliphatic rings. The molecular weight excluding hydrogens is 932 g/mol. The minimum Gasteiger partial charge on any atom is -0.497 e. The van der Waals surface area contributed by atoms with E-state index in [4.69, 9.17) is 37.5 Å². The Balaban J connectivity index is 1.29. The summed E-state index contributed by atoms with van der Waals surface area (Å²) < 4.78 is 66.6. The number of aromatic nitrogens is 4. The van der Waals surface area contributed by atoms with Gasteiger partial charge in [0.05, 0.1) is 46.7 Å². The number of benzene rings is 3. The lowest BCUT2D eigenvalue weighted by atomic mass is 9.80. The molecular formula is C47H55N8O14P. The molecule has 2 aliphatic heterocycles. The maximum atomic E-state index is 15.5. The third kappa shape index (κ3) is 11.0. The van der Waals surface area contributed by atoms with E-state index < -0.39 is 97.2 Å². The molecule has 0 radical (unpaired) electrons. The van der Waals surface area contributed by atoms with E-state index in [9.17, 15) is 29.5 Å². The summed E-state index contributed by atoms with van der Waals surface area (Å²) in [7, 11) is -0.507. The maximum absolute atomic E-state index is 15.5. The lowest BCUT2D eigenvalue weighted by Gasteiger charge is -2.37. The van der Waals surface area contributed by atoms with Gasteiger partial charge in [-0.2, -0.15) is 0 Å². The van der Waals surface area contributed by atoms with Crippen LogP contribution < -0.4 is 37.1 Å². The number of rotatable bonds is 20. The van der Waals surface area contributed by atoms with E-state index in [1.807, 2.05) is 54.6 Å². The van der Waals surface area contributed by atoms with E-state index in [0.717, 1.165) is 4.57 Å². The van der Waals surface area contributed by atoms with Gasteiger partial charge in [-0.25, -0.2) is 19.2 Å². The Morgan fingerprint density at radius 1 is 0.800 bits per heavy atom. The summed E-state index contributed by atoms with van der Waals surface area (Å²) in [5.74, 6) is -0.141. The summed E-state index contributed by atoms with van der Waals surface area (Å²) in [4.78, 5) is 71.7. The molecule has 2 saturated heterocycles. The first kappa shape index (κ1) is 51.2. The average molecular weight is 987 g/mol. The van der Waals surface area contributed by atoms with Crippen LogP contribution in [0.2, 0.25) is 0 Å². The summed E-state index contributed by atoms with van der Waals surface area (Å²) >= 11 is 0. The fourth-order valence-electron chi connectivity index (χ4n) is 8.46. The van der Waals surface area contributed by atoms with Gasteiger partial charge in [0.15, 0.2) is 0 Å². The topological polar surface area (TPSA) is 278 Å². The molecule has 0 amide bonds. The number of nitrogens with zero attached hydrogens (tertiary/aromatic N) is 5. The van der Waals surface area contributed by atoms with E-state index in [1.165, 1.54) is 37.9 Å². The Bertz CT molecular complexity index is 2920. The third-order valence-electron chi connectivity index (χ3n) is 12.2. The van der Waals surface area contributed by atoms with Crippen molar-refractivity contribution in [2.24, 2.45) is 11.0 Å². The monoisotopic (exact) mass is 986 g/mol. The fourth-order valence-corrected chi connectivity index (χ4v) is 10.3. The van der Waals surface area contributed by atoms with Crippen molar-refractivity contribution in [3.05, 3.63) is 171 Å². The maximum Gasteiger partial charge on any atom is 0.406 e. The van der Waals surface area contributed by atoms with Crippen LogP contribution in [0.5, 0.6) is 11.5 Å². The number of hydrogen-bond acceptors (Lipinski definition) is 15. The Labute approximate surface area is 401 Å². The SMILES string of the molecule is COC(=O)[C@@H](NP(=O)(OC[C@H]1O[C@@H](n2cc(C)c(=O)[nH]c2=O)C[C@@H]1N=[N+]=[N-])O[C@H]1C[C@H](n2cc(C)c(=O)[nH]c2=O)O[C@@H]1COC(c1ccccc1)(c1ccc(OC)cc1)c1ccc(OC)cc1)C(C)C. The van der Waals surface area contributed by atoms with Gasteiger partial charge in [0, 0.05) is 41.3 Å². The molecule has 2 fully saturated rings. The van der Waals surface area contributed by atoms with Crippen molar-refractivity contribution >= 4 is 13.7 Å². The zero-order chi connectivity index (χ0) is 50.3. The van der Waals surface area contributed by atoms with Gasteiger partial charge in [0.1, 0.15) is 47.8 Å². The highest BCUT2D eigenvalue weighted by molar-refractivity contribution is 7.51. The largest absolute Gasteiger partial charge is 0.497 e. The van der Waals surface area contributed by atoms with Gasteiger partial charge in [-0.3, -0.25) is 42.5 Å². The molecule has 5 aromatic rings. The number of esters is 1. The molecule has 4 heterocycles. The second-order valence-corrected chi connectivity index (χ2v) is 18.8. The van der Waals surface area contributed by atoms with Crippen molar-refractivity contribution in [2.75, 3.05) is 34.5 Å². The first-order valence-corrected chi connectivity index (χ1v) is 23.8. The first-order chi connectivity index (χ1) is 33.5. The second kappa shape index (κ2) is 22.0. The number of ether oxygens (including phenoxy) is 6. The number of hydrogen-bond donors (Lipinski definition) is 3. The number of azide groups is 1. The van der Waals surface area contributed by atoms with Crippen LogP contribution in [0.3, 0.4) is 0 Å². The van der Waals surface area contributed by atoms with Crippen molar-refractivity contribution in [2.45, 2.75) is 89.0 Å². The third-order valence-corrected chi connectivity index (χ3v) is 13.9. The van der Waals surface area contributed by atoms with Crippen LogP contribution in [0.4, 0.5) is 0 Å². The molecule has 3 aromatic carbocycles. The van der Waals surface area contributed by atoms with E-state index in [1.54, 1.807) is 52.3 Å². The minimum atomic E-state index is -4.79. The number of carbonyl (C=O) groups is 1. The van der Waals surface area contributed by atoms with Crippen molar-refractivity contribution < 1.29 is 46.8 Å². The number of aromatic amines is 2. The van der Waals surface area contributed by atoms with Crippen LogP contribution in [0, 0.1) is 19.8 Å². The van der Waals surface area contributed by atoms with E-state index in [-0.39, 0.29) is 30.6 Å². The molecule has 1 unspecified atom stereocenters. The Morgan fingerprint density at radius 2 is 1.31 bits per heavy atom. The molecule has 23 heteroatoms. The predicted molar refractivity (Wildman–Crippen MR) is 253 cm³/mol. The molecule has 22 nitrogen and oxygen atoms in total. The van der Waals surface area contributed by atoms with Crippen LogP contribution in [-0.4, -0.2) is 90.0 Å². The first-order valence-electron chi connectivity index (χ1n) is 22.3. The van der Waals surface area contributed by atoms with E-state index in [2.05, 4.69) is 25.1 Å². The zero-order valence-electron chi connectivity index (χ0n) is 39.5. The van der Waals surface area contributed by atoms with Crippen molar-refractivity contribution in [1.82, 2.24) is 24.2 Å². The van der Waals surface area contributed by atoms with Crippen LogP contribution >= 0.6 is 7.75 Å². The predicted octanol–water partition coefficient (Wildman–Crippen LogP) is 5.28. The highest BCUT2D eigenvalue weighted by Gasteiger charge is 2.48. The van der Waals surface area contributed by atoms with Gasteiger partial charge in [0.2, 0.25) is 0 Å². The molecule has 8 atom stereocenters. The van der Waals surface area contributed by atoms with Crippen molar-refractivity contribution in [1.29, 1.82) is 0 Å². The van der Waals surface area contributed by atoms with Gasteiger partial charge in [-0.05, 0) is 66.3 Å². The summed E-state index contributed by atoms with van der Waals surface area (Å²) in [6.45, 7) is 5.53. The minimum absolute atomic E-state index is 0.0324. The number of methoxy groups -OCH3 is 3. The highest BCUT2D eigenvalue weighted by Crippen LogP contribution is 2.51.